The first-order valence-electron chi connectivity index (χ1n) is 10.1. The lowest BCUT2D eigenvalue weighted by Gasteiger charge is -2.52. The summed E-state index contributed by atoms with van der Waals surface area (Å²) in [6.07, 6.45) is 12.4. The Kier molecular flexibility index (Phi) is 4.65. The second kappa shape index (κ2) is 6.95. The summed E-state index contributed by atoms with van der Waals surface area (Å²) >= 11 is 0. The molecule has 3 fully saturated rings. The zero-order valence-electron chi connectivity index (χ0n) is 16.1. The van der Waals surface area contributed by atoms with E-state index in [4.69, 9.17) is 4.74 Å². The molecule has 26 heavy (non-hydrogen) atoms. The summed E-state index contributed by atoms with van der Waals surface area (Å²) < 4.78 is 5.69. The van der Waals surface area contributed by atoms with E-state index in [1.165, 1.54) is 49.7 Å². The van der Waals surface area contributed by atoms with E-state index in [1.807, 2.05) is 19.1 Å². The first-order chi connectivity index (χ1) is 12.6. The molecule has 2 bridgehead atoms. The van der Waals surface area contributed by atoms with Crippen molar-refractivity contribution in [2.45, 2.75) is 57.8 Å². The fourth-order valence-electron chi connectivity index (χ4n) is 4.81. The molecule has 136 valence electrons. The smallest absolute Gasteiger partial charge is 0.119 e. The second-order valence-corrected chi connectivity index (χ2v) is 8.57. The molecule has 0 unspecified atom stereocenters. The van der Waals surface area contributed by atoms with Gasteiger partial charge in [-0.3, -0.25) is 0 Å². The lowest BCUT2D eigenvalue weighted by atomic mass is 9.52. The Morgan fingerprint density at radius 2 is 1.35 bits per heavy atom. The van der Waals surface area contributed by atoms with Gasteiger partial charge in [-0.25, -0.2) is 0 Å². The highest BCUT2D eigenvalue weighted by molar-refractivity contribution is 5.64. The fourth-order valence-corrected chi connectivity index (χ4v) is 4.81. The second-order valence-electron chi connectivity index (χ2n) is 8.57. The quantitative estimate of drug-likeness (QED) is 0.534. The molecule has 0 amide bonds. The first-order valence-corrected chi connectivity index (χ1v) is 10.1. The van der Waals surface area contributed by atoms with Crippen LogP contribution in [0.1, 0.15) is 57.9 Å². The molecule has 0 N–H and O–H groups in total. The predicted octanol–water partition coefficient (Wildman–Crippen LogP) is 6.92. The van der Waals surface area contributed by atoms with Gasteiger partial charge in [-0.2, -0.15) is 0 Å². The molecule has 0 aliphatic heterocycles. The summed E-state index contributed by atoms with van der Waals surface area (Å²) in [5, 5.41) is 0. The van der Waals surface area contributed by atoms with Gasteiger partial charge in [-0.1, -0.05) is 55.5 Å². The molecule has 0 radical (unpaired) electrons. The molecule has 0 spiro atoms. The molecule has 3 aliphatic carbocycles. The van der Waals surface area contributed by atoms with E-state index in [2.05, 4.69) is 55.5 Å². The summed E-state index contributed by atoms with van der Waals surface area (Å²) in [4.78, 5) is 0. The maximum atomic E-state index is 5.69. The van der Waals surface area contributed by atoms with E-state index >= 15 is 0 Å². The Morgan fingerprint density at radius 3 is 1.88 bits per heavy atom. The van der Waals surface area contributed by atoms with Gasteiger partial charge in [0.2, 0.25) is 0 Å². The van der Waals surface area contributed by atoms with E-state index in [9.17, 15) is 0 Å². The van der Waals surface area contributed by atoms with Crippen LogP contribution in [0.4, 0.5) is 0 Å². The van der Waals surface area contributed by atoms with Crippen LogP contribution in [0.2, 0.25) is 0 Å². The van der Waals surface area contributed by atoms with E-state index in [1.54, 1.807) is 5.56 Å². The molecular weight excluding hydrogens is 316 g/mol. The molecule has 3 aliphatic rings. The van der Waals surface area contributed by atoms with Crippen LogP contribution in [-0.4, -0.2) is 6.61 Å². The number of allylic oxidation sites excluding steroid dienone is 1. The number of fused-ring (bicyclic) bond motifs is 3. The van der Waals surface area contributed by atoms with Crippen LogP contribution < -0.4 is 4.74 Å². The van der Waals surface area contributed by atoms with Crippen molar-refractivity contribution in [3.63, 3.8) is 0 Å². The van der Waals surface area contributed by atoms with E-state index in [-0.39, 0.29) is 0 Å². The normalized spacial score (nSPS) is 27.8. The van der Waals surface area contributed by atoms with Crippen molar-refractivity contribution in [1.29, 1.82) is 0 Å². The van der Waals surface area contributed by atoms with Gasteiger partial charge in [0.25, 0.3) is 0 Å². The Bertz CT molecular complexity index is 742. The van der Waals surface area contributed by atoms with Crippen LogP contribution in [0.15, 0.2) is 60.7 Å². The predicted molar refractivity (Wildman–Crippen MR) is 110 cm³/mol. The minimum atomic E-state index is 0.459. The van der Waals surface area contributed by atoms with Crippen LogP contribution in [0.25, 0.3) is 11.1 Å². The van der Waals surface area contributed by atoms with Gasteiger partial charge in [-0.15, -0.1) is 0 Å². The molecular formula is C25H30O. The van der Waals surface area contributed by atoms with Crippen LogP contribution in [0.5, 0.6) is 5.75 Å². The third-order valence-electron chi connectivity index (χ3n) is 6.89. The summed E-state index contributed by atoms with van der Waals surface area (Å²) in [5.41, 5.74) is 5.21. The Balaban J connectivity index is 1.48. The third-order valence-corrected chi connectivity index (χ3v) is 6.89. The molecule has 0 atom stereocenters. The Hall–Kier alpha value is -2.02. The first kappa shape index (κ1) is 17.4. The lowest BCUT2D eigenvalue weighted by molar-refractivity contribution is 0.0556. The molecule has 1 nitrogen and oxygen atoms in total. The minimum Gasteiger partial charge on any atom is -0.490 e. The van der Waals surface area contributed by atoms with Crippen molar-refractivity contribution < 1.29 is 4.74 Å². The van der Waals surface area contributed by atoms with Gasteiger partial charge in [0.1, 0.15) is 12.4 Å². The monoisotopic (exact) mass is 346 g/mol. The average Bonchev–Trinajstić information content (AvgIpc) is 2.70. The van der Waals surface area contributed by atoms with E-state index in [0.29, 0.717) is 17.4 Å². The number of ether oxygens (including phenoxy) is 1. The zero-order valence-corrected chi connectivity index (χ0v) is 16.1. The maximum absolute atomic E-state index is 5.69. The zero-order chi connectivity index (χ0) is 18.0. The highest BCUT2D eigenvalue weighted by Crippen LogP contribution is 2.57. The maximum Gasteiger partial charge on any atom is 0.119 e. The SMILES string of the molecule is C/C=C/COc1ccc(-c2ccc(C34CCC(C)(CC3)CC4)cc2)cc1. The van der Waals surface area contributed by atoms with Crippen molar-refractivity contribution in [2.24, 2.45) is 5.41 Å². The Labute approximate surface area is 158 Å². The molecule has 3 saturated carbocycles. The number of rotatable bonds is 5. The third kappa shape index (κ3) is 3.32. The van der Waals surface area contributed by atoms with E-state index < -0.39 is 0 Å². The molecule has 2 aromatic carbocycles. The van der Waals surface area contributed by atoms with Crippen LogP contribution >= 0.6 is 0 Å². The molecule has 0 saturated heterocycles. The number of benzene rings is 2. The van der Waals surface area contributed by atoms with Gasteiger partial charge < -0.3 is 4.74 Å². The summed E-state index contributed by atoms with van der Waals surface area (Å²) in [5.74, 6) is 0.926. The minimum absolute atomic E-state index is 0.459. The summed E-state index contributed by atoms with van der Waals surface area (Å²) in [7, 11) is 0. The van der Waals surface area contributed by atoms with Gasteiger partial charge in [0.15, 0.2) is 0 Å². The standard InChI is InChI=1S/C25H30O/c1-3-4-19-26-23-11-7-21(8-12-23)20-5-9-22(10-6-20)25-16-13-24(2,14-17-25)15-18-25/h3-12H,13-19H2,1-2H3/b4-3+. The van der Waals surface area contributed by atoms with Crippen LogP contribution in [0.3, 0.4) is 0 Å². The van der Waals surface area contributed by atoms with Crippen molar-refractivity contribution in [1.82, 2.24) is 0 Å². The van der Waals surface area contributed by atoms with Crippen LogP contribution in [0, 0.1) is 5.41 Å². The molecule has 2 aromatic rings. The number of hydrogen-bond donors (Lipinski definition) is 0. The average molecular weight is 347 g/mol. The molecule has 5 rings (SSSR count). The molecule has 1 heteroatoms. The van der Waals surface area contributed by atoms with Crippen molar-refractivity contribution in [3.8, 4) is 16.9 Å². The highest BCUT2D eigenvalue weighted by Gasteiger charge is 2.46. The van der Waals surface area contributed by atoms with Gasteiger partial charge >= 0.3 is 0 Å². The van der Waals surface area contributed by atoms with Crippen molar-refractivity contribution in [2.75, 3.05) is 6.61 Å². The number of hydrogen-bond acceptors (Lipinski definition) is 1. The lowest BCUT2D eigenvalue weighted by Crippen LogP contribution is -2.42. The summed E-state index contributed by atoms with van der Waals surface area (Å²) in [6.45, 7) is 5.13. The molecule has 0 heterocycles. The van der Waals surface area contributed by atoms with Gasteiger partial charge in [0, 0.05) is 0 Å². The summed E-state index contributed by atoms with van der Waals surface area (Å²) in [6, 6.07) is 17.8. The van der Waals surface area contributed by atoms with Crippen molar-refractivity contribution >= 4 is 0 Å². The fraction of sp³-hybridized carbons (Fsp3) is 0.440. The largest absolute Gasteiger partial charge is 0.490 e. The molecule has 0 aromatic heterocycles. The topological polar surface area (TPSA) is 9.23 Å². The van der Waals surface area contributed by atoms with Gasteiger partial charge in [-0.05, 0) is 85.1 Å². The van der Waals surface area contributed by atoms with Crippen LogP contribution in [-0.2, 0) is 5.41 Å². The van der Waals surface area contributed by atoms with E-state index in [0.717, 1.165) is 5.75 Å². The van der Waals surface area contributed by atoms with Gasteiger partial charge in [0.05, 0.1) is 0 Å². The Morgan fingerprint density at radius 1 is 0.808 bits per heavy atom. The van der Waals surface area contributed by atoms with Crippen molar-refractivity contribution in [3.05, 3.63) is 66.2 Å². The highest BCUT2D eigenvalue weighted by atomic mass is 16.5.